The number of piperidine rings is 1. The van der Waals surface area contributed by atoms with Crippen molar-refractivity contribution in [3.63, 3.8) is 0 Å². The summed E-state index contributed by atoms with van der Waals surface area (Å²) in [5.41, 5.74) is 2.10. The molecular weight excluding hydrogens is 364 g/mol. The predicted octanol–water partition coefficient (Wildman–Crippen LogP) is 1.66. The van der Waals surface area contributed by atoms with Gasteiger partial charge < -0.3 is 14.5 Å². The SMILES string of the molecule is CCN1CCN(CC#CCOC2CCN(c3nccn4nc(C)cc34)CC2)CC1. The van der Waals surface area contributed by atoms with Crippen molar-refractivity contribution in [2.45, 2.75) is 32.8 Å². The van der Waals surface area contributed by atoms with Gasteiger partial charge in [-0.15, -0.1) is 0 Å². The van der Waals surface area contributed by atoms with Crippen LogP contribution in [0.5, 0.6) is 0 Å². The van der Waals surface area contributed by atoms with Crippen molar-refractivity contribution in [1.29, 1.82) is 0 Å². The van der Waals surface area contributed by atoms with E-state index in [-0.39, 0.29) is 0 Å². The first kappa shape index (κ1) is 20.1. The highest BCUT2D eigenvalue weighted by atomic mass is 16.5. The molecule has 0 N–H and O–H groups in total. The zero-order chi connectivity index (χ0) is 20.1. The van der Waals surface area contributed by atoms with Gasteiger partial charge in [0, 0.05) is 51.7 Å². The maximum atomic E-state index is 6.02. The lowest BCUT2D eigenvalue weighted by Gasteiger charge is -2.33. The van der Waals surface area contributed by atoms with Gasteiger partial charge in [-0.3, -0.25) is 4.90 Å². The predicted molar refractivity (Wildman–Crippen MR) is 115 cm³/mol. The fourth-order valence-electron chi connectivity index (χ4n) is 4.15. The molecule has 156 valence electrons. The molecule has 7 nitrogen and oxygen atoms in total. The minimum atomic E-state index is 0.292. The molecule has 0 bridgehead atoms. The van der Waals surface area contributed by atoms with Gasteiger partial charge in [-0.05, 0) is 32.4 Å². The molecule has 0 aromatic carbocycles. The van der Waals surface area contributed by atoms with Crippen molar-refractivity contribution >= 4 is 11.3 Å². The number of hydrogen-bond donors (Lipinski definition) is 0. The highest BCUT2D eigenvalue weighted by Crippen LogP contribution is 2.24. The van der Waals surface area contributed by atoms with Crippen molar-refractivity contribution in [2.24, 2.45) is 0 Å². The van der Waals surface area contributed by atoms with Crippen molar-refractivity contribution in [3.8, 4) is 11.8 Å². The van der Waals surface area contributed by atoms with Crippen LogP contribution < -0.4 is 4.90 Å². The van der Waals surface area contributed by atoms with E-state index in [1.54, 1.807) is 0 Å². The molecule has 2 aromatic heterocycles. The number of rotatable bonds is 5. The molecule has 2 aromatic rings. The Morgan fingerprint density at radius 3 is 2.59 bits per heavy atom. The lowest BCUT2D eigenvalue weighted by molar-refractivity contribution is 0.0593. The molecule has 2 aliphatic heterocycles. The molecule has 7 heteroatoms. The van der Waals surface area contributed by atoms with E-state index in [1.807, 2.05) is 23.8 Å². The number of anilines is 1. The van der Waals surface area contributed by atoms with Crippen LogP contribution >= 0.6 is 0 Å². The third-order valence-electron chi connectivity index (χ3n) is 5.96. The molecule has 2 aliphatic rings. The molecule has 0 aliphatic carbocycles. The molecule has 0 amide bonds. The Morgan fingerprint density at radius 1 is 1.07 bits per heavy atom. The van der Waals surface area contributed by atoms with Gasteiger partial charge in [0.1, 0.15) is 12.1 Å². The molecule has 0 radical (unpaired) electrons. The van der Waals surface area contributed by atoms with Gasteiger partial charge >= 0.3 is 0 Å². The molecule has 4 rings (SSSR count). The fraction of sp³-hybridized carbons (Fsp3) is 0.636. The molecule has 2 fully saturated rings. The second kappa shape index (κ2) is 9.57. The molecule has 2 saturated heterocycles. The lowest BCUT2D eigenvalue weighted by atomic mass is 10.1. The third-order valence-corrected chi connectivity index (χ3v) is 5.96. The van der Waals surface area contributed by atoms with Crippen LogP contribution in [-0.4, -0.2) is 89.5 Å². The molecule has 0 atom stereocenters. The van der Waals surface area contributed by atoms with E-state index in [2.05, 4.69) is 49.6 Å². The Kier molecular flexibility index (Phi) is 6.65. The van der Waals surface area contributed by atoms with Crippen LogP contribution in [-0.2, 0) is 4.74 Å². The summed E-state index contributed by atoms with van der Waals surface area (Å²) in [4.78, 5) is 11.9. The minimum absolute atomic E-state index is 0.292. The van der Waals surface area contributed by atoms with Crippen molar-refractivity contribution in [3.05, 3.63) is 24.2 Å². The number of ether oxygens (including phenoxy) is 1. The molecule has 29 heavy (non-hydrogen) atoms. The normalized spacial score (nSPS) is 19.4. The third kappa shape index (κ3) is 5.08. The summed E-state index contributed by atoms with van der Waals surface area (Å²) in [5.74, 6) is 7.52. The second-order valence-corrected chi connectivity index (χ2v) is 7.93. The van der Waals surface area contributed by atoms with Gasteiger partial charge in [0.25, 0.3) is 0 Å². The van der Waals surface area contributed by atoms with Crippen LogP contribution in [0.2, 0.25) is 0 Å². The summed E-state index contributed by atoms with van der Waals surface area (Å²) in [6.45, 7) is 13.3. The van der Waals surface area contributed by atoms with E-state index in [4.69, 9.17) is 4.74 Å². The van der Waals surface area contributed by atoms with Gasteiger partial charge in [-0.25, -0.2) is 9.50 Å². The topological polar surface area (TPSA) is 49.1 Å². The van der Waals surface area contributed by atoms with Crippen molar-refractivity contribution in [2.75, 3.05) is 63.9 Å². The van der Waals surface area contributed by atoms with Gasteiger partial charge in [0.2, 0.25) is 0 Å². The summed E-state index contributed by atoms with van der Waals surface area (Å²) in [7, 11) is 0. The maximum absolute atomic E-state index is 6.02. The van der Waals surface area contributed by atoms with E-state index in [0.29, 0.717) is 12.7 Å². The Labute approximate surface area is 173 Å². The number of fused-ring (bicyclic) bond motifs is 1. The van der Waals surface area contributed by atoms with E-state index >= 15 is 0 Å². The van der Waals surface area contributed by atoms with Gasteiger partial charge in [0.05, 0.1) is 18.3 Å². The molecule has 0 spiro atoms. The zero-order valence-electron chi connectivity index (χ0n) is 17.7. The van der Waals surface area contributed by atoms with E-state index < -0.39 is 0 Å². The summed E-state index contributed by atoms with van der Waals surface area (Å²) >= 11 is 0. The Morgan fingerprint density at radius 2 is 1.83 bits per heavy atom. The Balaban J connectivity index is 1.19. The first-order valence-corrected chi connectivity index (χ1v) is 10.8. The fourth-order valence-corrected chi connectivity index (χ4v) is 4.15. The molecule has 4 heterocycles. The summed E-state index contributed by atoms with van der Waals surface area (Å²) in [6.07, 6.45) is 6.05. The highest BCUT2D eigenvalue weighted by Gasteiger charge is 2.22. The number of nitrogens with zero attached hydrogens (tertiary/aromatic N) is 6. The average Bonchev–Trinajstić information content (AvgIpc) is 3.14. The quantitative estimate of drug-likeness (QED) is 0.717. The van der Waals surface area contributed by atoms with Crippen LogP contribution in [0.25, 0.3) is 5.52 Å². The maximum Gasteiger partial charge on any atom is 0.154 e. The minimum Gasteiger partial charge on any atom is -0.365 e. The summed E-state index contributed by atoms with van der Waals surface area (Å²) in [5, 5.41) is 4.49. The summed E-state index contributed by atoms with van der Waals surface area (Å²) in [6, 6.07) is 2.10. The largest absolute Gasteiger partial charge is 0.365 e. The van der Waals surface area contributed by atoms with Crippen LogP contribution in [0.15, 0.2) is 18.5 Å². The molecule has 0 unspecified atom stereocenters. The van der Waals surface area contributed by atoms with E-state index in [9.17, 15) is 0 Å². The molecular formula is C22H32N6O. The first-order valence-electron chi connectivity index (χ1n) is 10.8. The highest BCUT2D eigenvalue weighted by molar-refractivity contribution is 5.69. The number of piperazine rings is 1. The summed E-state index contributed by atoms with van der Waals surface area (Å²) < 4.78 is 7.93. The Hall–Kier alpha value is -2.14. The standard InChI is InChI=1S/C22H32N6O/c1-3-25-13-15-26(16-14-25)9-4-5-17-29-20-6-10-27(11-7-20)22-21-18-19(2)24-28(21)12-8-23-22/h8,12,18,20H,3,6-7,9-11,13-17H2,1-2H3. The van der Waals surface area contributed by atoms with Crippen LogP contribution in [0, 0.1) is 18.8 Å². The smallest absolute Gasteiger partial charge is 0.154 e. The second-order valence-electron chi connectivity index (χ2n) is 7.93. The van der Waals surface area contributed by atoms with Gasteiger partial charge in [-0.1, -0.05) is 18.8 Å². The number of aromatic nitrogens is 3. The lowest BCUT2D eigenvalue weighted by Crippen LogP contribution is -2.46. The monoisotopic (exact) mass is 396 g/mol. The number of likely N-dealkylation sites (N-methyl/N-ethyl adjacent to an activating group) is 1. The van der Waals surface area contributed by atoms with Crippen molar-refractivity contribution in [1.82, 2.24) is 24.4 Å². The number of aryl methyl sites for hydroxylation is 1. The Bertz CT molecular complexity index is 853. The van der Waals surface area contributed by atoms with Crippen molar-refractivity contribution < 1.29 is 4.74 Å². The van der Waals surface area contributed by atoms with Crippen LogP contribution in [0.1, 0.15) is 25.5 Å². The van der Waals surface area contributed by atoms with Gasteiger partial charge in [0.15, 0.2) is 5.82 Å². The average molecular weight is 397 g/mol. The zero-order valence-corrected chi connectivity index (χ0v) is 17.7. The first-order chi connectivity index (χ1) is 14.2. The van der Waals surface area contributed by atoms with Crippen LogP contribution in [0.4, 0.5) is 5.82 Å². The van der Waals surface area contributed by atoms with E-state index in [1.165, 1.54) is 0 Å². The van der Waals surface area contributed by atoms with E-state index in [0.717, 1.165) is 82.2 Å². The van der Waals surface area contributed by atoms with Crippen LogP contribution in [0.3, 0.4) is 0 Å². The molecule has 0 saturated carbocycles. The number of hydrogen-bond acceptors (Lipinski definition) is 6. The van der Waals surface area contributed by atoms with Gasteiger partial charge in [-0.2, -0.15) is 5.10 Å².